The van der Waals surface area contributed by atoms with E-state index in [0.717, 1.165) is 43.7 Å². The summed E-state index contributed by atoms with van der Waals surface area (Å²) < 4.78 is 31.9. The number of carboxylic acid groups (broad SMARTS) is 1. The van der Waals surface area contributed by atoms with Gasteiger partial charge in [0.2, 0.25) is 15.9 Å². The number of amides is 1. The number of hydrogen-bond acceptors (Lipinski definition) is 5. The second kappa shape index (κ2) is 10.8. The highest BCUT2D eigenvalue weighted by atomic mass is 32.2. The van der Waals surface area contributed by atoms with Crippen LogP contribution >= 0.6 is 0 Å². The third-order valence-electron chi connectivity index (χ3n) is 5.63. The molecule has 0 spiro atoms. The van der Waals surface area contributed by atoms with Crippen molar-refractivity contribution in [1.29, 1.82) is 0 Å². The van der Waals surface area contributed by atoms with E-state index in [9.17, 15) is 13.2 Å². The van der Waals surface area contributed by atoms with Crippen LogP contribution in [0, 0.1) is 5.41 Å². The van der Waals surface area contributed by atoms with E-state index in [1.54, 1.807) is 7.11 Å². The third kappa shape index (κ3) is 5.72. The molecule has 0 aliphatic carbocycles. The van der Waals surface area contributed by atoms with Gasteiger partial charge in [0, 0.05) is 26.2 Å². The smallest absolute Gasteiger partial charge is 0.290 e. The van der Waals surface area contributed by atoms with E-state index in [2.05, 4.69) is 0 Å². The van der Waals surface area contributed by atoms with E-state index >= 15 is 0 Å². The van der Waals surface area contributed by atoms with E-state index in [4.69, 9.17) is 14.6 Å². The van der Waals surface area contributed by atoms with Gasteiger partial charge in [-0.2, -0.15) is 4.31 Å². The Balaban J connectivity index is 0.00000101. The Morgan fingerprint density at radius 2 is 1.90 bits per heavy atom. The molecule has 2 aliphatic rings. The van der Waals surface area contributed by atoms with E-state index in [0.29, 0.717) is 12.8 Å². The Morgan fingerprint density at radius 3 is 2.47 bits per heavy atom. The molecule has 2 aliphatic heterocycles. The number of sulfonamides is 1. The lowest BCUT2D eigenvalue weighted by molar-refractivity contribution is -0.148. The zero-order valence-corrected chi connectivity index (χ0v) is 18.6. The van der Waals surface area contributed by atoms with Crippen LogP contribution in [0.25, 0.3) is 0 Å². The van der Waals surface area contributed by atoms with Crippen LogP contribution in [0.1, 0.15) is 38.2 Å². The average molecular weight is 441 g/mol. The van der Waals surface area contributed by atoms with Gasteiger partial charge in [-0.25, -0.2) is 8.42 Å². The first-order chi connectivity index (χ1) is 14.3. The van der Waals surface area contributed by atoms with E-state index in [1.807, 2.05) is 36.1 Å². The van der Waals surface area contributed by atoms with Crippen molar-refractivity contribution < 1.29 is 27.9 Å². The minimum Gasteiger partial charge on any atom is -0.497 e. The summed E-state index contributed by atoms with van der Waals surface area (Å²) in [5.74, 6) is 1.02. The maximum atomic E-state index is 13.3. The number of unbranched alkanes of at least 4 members (excludes halogenated alkanes) is 1. The molecule has 0 atom stereocenters. The van der Waals surface area contributed by atoms with Crippen molar-refractivity contribution in [3.8, 4) is 5.75 Å². The lowest BCUT2D eigenvalue weighted by Crippen LogP contribution is -2.66. The van der Waals surface area contributed by atoms with Crippen molar-refractivity contribution in [2.45, 2.75) is 39.0 Å². The molecule has 168 valence electrons. The highest BCUT2D eigenvalue weighted by molar-refractivity contribution is 7.89. The van der Waals surface area contributed by atoms with Crippen LogP contribution in [-0.2, 0) is 26.0 Å². The summed E-state index contributed by atoms with van der Waals surface area (Å²) in [5, 5.41) is 6.89. The molecular formula is C21H32N2O6S. The molecule has 1 aromatic carbocycles. The normalized spacial score (nSPS) is 18.1. The van der Waals surface area contributed by atoms with Gasteiger partial charge in [0.1, 0.15) is 5.75 Å². The summed E-state index contributed by atoms with van der Waals surface area (Å²) in [5.41, 5.74) is 0.350. The van der Waals surface area contributed by atoms with Crippen molar-refractivity contribution in [2.24, 2.45) is 5.41 Å². The molecule has 0 radical (unpaired) electrons. The molecule has 2 fully saturated rings. The molecular weight excluding hydrogens is 408 g/mol. The van der Waals surface area contributed by atoms with Crippen LogP contribution in [0.15, 0.2) is 24.3 Å². The van der Waals surface area contributed by atoms with Gasteiger partial charge in [-0.1, -0.05) is 25.5 Å². The molecule has 1 aromatic rings. The highest BCUT2D eigenvalue weighted by Crippen LogP contribution is 2.39. The minimum atomic E-state index is -3.28. The SMILES string of the molecule is CCCCS(=O)(=O)N1CC(Cc2cccc(OC)c2)(C(=O)N2CCCC2)C1.O=CO. The molecule has 2 saturated heterocycles. The van der Waals surface area contributed by atoms with Crippen molar-refractivity contribution in [1.82, 2.24) is 9.21 Å². The van der Waals surface area contributed by atoms with Crippen LogP contribution in [0.2, 0.25) is 0 Å². The fourth-order valence-electron chi connectivity index (χ4n) is 4.03. The second-order valence-corrected chi connectivity index (χ2v) is 9.94. The van der Waals surface area contributed by atoms with Gasteiger partial charge in [-0.3, -0.25) is 9.59 Å². The first-order valence-electron chi connectivity index (χ1n) is 10.3. The number of benzene rings is 1. The van der Waals surface area contributed by atoms with Crippen LogP contribution in [0.5, 0.6) is 5.75 Å². The number of carbonyl (C=O) groups excluding carboxylic acids is 1. The number of nitrogens with zero attached hydrogens (tertiary/aromatic N) is 2. The molecule has 1 N–H and O–H groups in total. The van der Waals surface area contributed by atoms with Gasteiger partial charge in [-0.15, -0.1) is 0 Å². The van der Waals surface area contributed by atoms with E-state index in [1.165, 1.54) is 4.31 Å². The molecule has 1 amide bonds. The predicted molar refractivity (Wildman–Crippen MR) is 114 cm³/mol. The number of rotatable bonds is 8. The van der Waals surface area contributed by atoms with Gasteiger partial charge in [-0.05, 0) is 43.4 Å². The van der Waals surface area contributed by atoms with Crippen molar-refractivity contribution in [2.75, 3.05) is 39.0 Å². The predicted octanol–water partition coefficient (Wildman–Crippen LogP) is 1.99. The van der Waals surface area contributed by atoms with Crippen LogP contribution in [0.3, 0.4) is 0 Å². The Kier molecular flexibility index (Phi) is 8.66. The summed E-state index contributed by atoms with van der Waals surface area (Å²) in [6.45, 7) is 3.86. The van der Waals surface area contributed by atoms with Gasteiger partial charge in [0.05, 0.1) is 18.3 Å². The molecule has 2 heterocycles. The van der Waals surface area contributed by atoms with Crippen LogP contribution in [-0.4, -0.2) is 74.2 Å². The van der Waals surface area contributed by atoms with Crippen LogP contribution < -0.4 is 4.74 Å². The first-order valence-corrected chi connectivity index (χ1v) is 11.9. The van der Waals surface area contributed by atoms with Crippen molar-refractivity contribution in [3.63, 3.8) is 0 Å². The summed E-state index contributed by atoms with van der Waals surface area (Å²) >= 11 is 0. The Labute approximate surface area is 178 Å². The van der Waals surface area contributed by atoms with Crippen LogP contribution in [0.4, 0.5) is 0 Å². The molecule has 8 nitrogen and oxygen atoms in total. The fraction of sp³-hybridized carbons (Fsp3) is 0.619. The van der Waals surface area contributed by atoms with E-state index in [-0.39, 0.29) is 31.2 Å². The average Bonchev–Trinajstić information content (AvgIpc) is 3.24. The second-order valence-electron chi connectivity index (χ2n) is 7.85. The maximum Gasteiger partial charge on any atom is 0.290 e. The molecule has 0 unspecified atom stereocenters. The fourth-order valence-corrected chi connectivity index (χ4v) is 5.83. The topological polar surface area (TPSA) is 104 Å². The molecule has 3 rings (SSSR count). The number of methoxy groups -OCH3 is 1. The zero-order chi connectivity index (χ0) is 22.2. The van der Waals surface area contributed by atoms with Crippen molar-refractivity contribution >= 4 is 22.4 Å². The monoisotopic (exact) mass is 440 g/mol. The standard InChI is InChI=1S/C20H30N2O4S.CH2O2/c1-3-4-12-27(24,25)22-15-20(16-22,19(23)21-10-5-6-11-21)14-17-8-7-9-18(13-17)26-2;2-1-3/h7-9,13H,3-6,10-12,14-16H2,1-2H3;1H,(H,2,3). The van der Waals surface area contributed by atoms with E-state index < -0.39 is 15.4 Å². The third-order valence-corrected chi connectivity index (χ3v) is 7.48. The Hall–Kier alpha value is -2.13. The maximum absolute atomic E-state index is 13.3. The molecule has 30 heavy (non-hydrogen) atoms. The van der Waals surface area contributed by atoms with Gasteiger partial charge < -0.3 is 14.7 Å². The highest BCUT2D eigenvalue weighted by Gasteiger charge is 2.54. The lowest BCUT2D eigenvalue weighted by Gasteiger charge is -2.49. The summed E-state index contributed by atoms with van der Waals surface area (Å²) in [4.78, 5) is 23.5. The van der Waals surface area contributed by atoms with Crippen molar-refractivity contribution in [3.05, 3.63) is 29.8 Å². The largest absolute Gasteiger partial charge is 0.497 e. The Morgan fingerprint density at radius 1 is 1.27 bits per heavy atom. The van der Waals surface area contributed by atoms with Gasteiger partial charge in [0.15, 0.2) is 0 Å². The summed E-state index contributed by atoms with van der Waals surface area (Å²) in [6, 6.07) is 7.71. The molecule has 0 aromatic heterocycles. The molecule has 0 saturated carbocycles. The van der Waals surface area contributed by atoms with Gasteiger partial charge in [0.25, 0.3) is 6.47 Å². The summed E-state index contributed by atoms with van der Waals surface area (Å²) in [6.07, 6.45) is 4.09. The number of carbonyl (C=O) groups is 2. The quantitative estimate of drug-likeness (QED) is 0.620. The summed E-state index contributed by atoms with van der Waals surface area (Å²) in [7, 11) is -1.66. The Bertz CT molecular complexity index is 815. The number of ether oxygens (including phenoxy) is 1. The lowest BCUT2D eigenvalue weighted by atomic mass is 9.75. The van der Waals surface area contributed by atoms with Gasteiger partial charge >= 0.3 is 0 Å². The molecule has 9 heteroatoms. The first kappa shape index (κ1) is 24.1. The minimum absolute atomic E-state index is 0.102. The zero-order valence-electron chi connectivity index (χ0n) is 17.7. The molecule has 0 bridgehead atoms. The number of likely N-dealkylation sites (tertiary alicyclic amines) is 1. The number of hydrogen-bond donors (Lipinski definition) is 1.